The molecule has 0 bridgehead atoms. The number of amides is 1. The first kappa shape index (κ1) is 18.2. The normalized spacial score (nSPS) is 11.2. The first-order chi connectivity index (χ1) is 12.4. The number of hydrogen-bond donors (Lipinski definition) is 1. The Bertz CT molecular complexity index is 975. The number of carbonyl (C=O) groups is 1. The highest BCUT2D eigenvalue weighted by atomic mass is 35.5. The molecule has 6 nitrogen and oxygen atoms in total. The third kappa shape index (κ3) is 4.33. The van der Waals surface area contributed by atoms with Crippen molar-refractivity contribution >= 4 is 35.3 Å². The summed E-state index contributed by atoms with van der Waals surface area (Å²) in [6, 6.07) is 10.5. The van der Waals surface area contributed by atoms with Crippen LogP contribution in [0.4, 0.5) is 0 Å². The van der Waals surface area contributed by atoms with Crippen LogP contribution in [0.15, 0.2) is 45.9 Å². The summed E-state index contributed by atoms with van der Waals surface area (Å²) in [7, 11) is 0. The fourth-order valence-corrected chi connectivity index (χ4v) is 2.81. The average molecular weight is 391 g/mol. The van der Waals surface area contributed by atoms with Gasteiger partial charge in [-0.2, -0.15) is 10.2 Å². The zero-order valence-electron chi connectivity index (χ0n) is 14.2. The van der Waals surface area contributed by atoms with Crippen LogP contribution < -0.4 is 5.43 Å². The summed E-state index contributed by atoms with van der Waals surface area (Å²) in [5.74, 6) is 0.757. The van der Waals surface area contributed by atoms with Crippen molar-refractivity contribution in [3.8, 4) is 11.3 Å². The Morgan fingerprint density at radius 1 is 1.27 bits per heavy atom. The van der Waals surface area contributed by atoms with E-state index in [1.165, 1.54) is 6.21 Å². The minimum absolute atomic E-state index is 0.0958. The van der Waals surface area contributed by atoms with Gasteiger partial charge in [-0.25, -0.2) is 5.43 Å². The summed E-state index contributed by atoms with van der Waals surface area (Å²) in [4.78, 5) is 11.9. The zero-order valence-corrected chi connectivity index (χ0v) is 15.7. The zero-order chi connectivity index (χ0) is 18.7. The van der Waals surface area contributed by atoms with Crippen molar-refractivity contribution in [1.29, 1.82) is 0 Å². The summed E-state index contributed by atoms with van der Waals surface area (Å²) >= 11 is 12.1. The molecule has 26 heavy (non-hydrogen) atoms. The van der Waals surface area contributed by atoms with Gasteiger partial charge in [0, 0.05) is 16.3 Å². The van der Waals surface area contributed by atoms with Gasteiger partial charge in [0.2, 0.25) is 0 Å². The maximum Gasteiger partial charge on any atom is 0.261 e. The topological polar surface area (TPSA) is 72.4 Å². The van der Waals surface area contributed by atoms with Crippen LogP contribution in [0.1, 0.15) is 17.1 Å². The third-order valence-electron chi connectivity index (χ3n) is 3.60. The number of halogens is 2. The molecule has 0 saturated carbocycles. The molecule has 134 valence electrons. The van der Waals surface area contributed by atoms with E-state index >= 15 is 0 Å². The predicted molar refractivity (Wildman–Crippen MR) is 102 cm³/mol. The molecule has 2 heterocycles. The summed E-state index contributed by atoms with van der Waals surface area (Å²) in [6.45, 7) is 3.86. The second-order valence-electron chi connectivity index (χ2n) is 5.70. The van der Waals surface area contributed by atoms with Crippen molar-refractivity contribution in [2.24, 2.45) is 5.10 Å². The standard InChI is InChI=1S/C18H16Cl2N4O2/c1-11-7-12(2)24(23-11)10-18(25)22-21-9-14-4-6-17(26-14)15-8-13(19)3-5-16(15)20/h3-9H,10H2,1-2H3,(H,22,25)/b21-9+. The first-order valence-electron chi connectivity index (χ1n) is 7.80. The van der Waals surface area contributed by atoms with Crippen LogP contribution in [-0.2, 0) is 11.3 Å². The molecule has 0 aliphatic heterocycles. The monoisotopic (exact) mass is 390 g/mol. The maximum atomic E-state index is 11.9. The van der Waals surface area contributed by atoms with Crippen molar-refractivity contribution in [3.63, 3.8) is 0 Å². The Balaban J connectivity index is 1.63. The molecule has 0 fully saturated rings. The molecule has 3 aromatic rings. The molecule has 2 aromatic heterocycles. The number of hydrazone groups is 1. The number of nitrogens with one attached hydrogen (secondary N) is 1. The lowest BCUT2D eigenvalue weighted by molar-refractivity contribution is -0.121. The predicted octanol–water partition coefficient (Wildman–Crippen LogP) is 4.22. The molecular formula is C18H16Cl2N4O2. The second kappa shape index (κ2) is 7.76. The van der Waals surface area contributed by atoms with Gasteiger partial charge in [-0.1, -0.05) is 23.2 Å². The number of nitrogens with zero attached hydrogens (tertiary/aromatic N) is 3. The highest BCUT2D eigenvalue weighted by molar-refractivity contribution is 6.35. The van der Waals surface area contributed by atoms with E-state index in [1.807, 2.05) is 19.9 Å². The largest absolute Gasteiger partial charge is 0.455 e. The molecule has 0 aliphatic rings. The Morgan fingerprint density at radius 3 is 2.81 bits per heavy atom. The van der Waals surface area contributed by atoms with Gasteiger partial charge in [0.1, 0.15) is 18.1 Å². The van der Waals surface area contributed by atoms with E-state index in [1.54, 1.807) is 35.0 Å². The van der Waals surface area contributed by atoms with E-state index in [0.29, 0.717) is 27.1 Å². The van der Waals surface area contributed by atoms with Gasteiger partial charge in [0.15, 0.2) is 0 Å². The smallest absolute Gasteiger partial charge is 0.261 e. The van der Waals surface area contributed by atoms with Crippen molar-refractivity contribution in [2.75, 3.05) is 0 Å². The third-order valence-corrected chi connectivity index (χ3v) is 4.16. The minimum Gasteiger partial charge on any atom is -0.455 e. The van der Waals surface area contributed by atoms with Crippen LogP contribution in [0, 0.1) is 13.8 Å². The summed E-state index contributed by atoms with van der Waals surface area (Å²) < 4.78 is 7.28. The lowest BCUT2D eigenvalue weighted by Crippen LogP contribution is -2.24. The highest BCUT2D eigenvalue weighted by Gasteiger charge is 2.09. The van der Waals surface area contributed by atoms with Crippen LogP contribution in [-0.4, -0.2) is 21.9 Å². The molecule has 8 heteroatoms. The van der Waals surface area contributed by atoms with Crippen LogP contribution in [0.2, 0.25) is 10.0 Å². The number of aryl methyl sites for hydroxylation is 2. The van der Waals surface area contributed by atoms with E-state index in [2.05, 4.69) is 15.6 Å². The quantitative estimate of drug-likeness (QED) is 0.523. The number of carbonyl (C=O) groups excluding carboxylic acids is 1. The van der Waals surface area contributed by atoms with Gasteiger partial charge in [0.25, 0.3) is 5.91 Å². The van der Waals surface area contributed by atoms with E-state index in [-0.39, 0.29) is 12.5 Å². The van der Waals surface area contributed by atoms with E-state index < -0.39 is 0 Å². The molecule has 0 saturated heterocycles. The van der Waals surface area contributed by atoms with Crippen LogP contribution in [0.25, 0.3) is 11.3 Å². The number of benzene rings is 1. The molecule has 0 unspecified atom stereocenters. The van der Waals surface area contributed by atoms with Crippen LogP contribution in [0.5, 0.6) is 0 Å². The molecule has 1 N–H and O–H groups in total. The molecular weight excluding hydrogens is 375 g/mol. The highest BCUT2D eigenvalue weighted by Crippen LogP contribution is 2.31. The summed E-state index contributed by atoms with van der Waals surface area (Å²) in [5.41, 5.74) is 4.91. The number of furan rings is 1. The number of hydrogen-bond acceptors (Lipinski definition) is 4. The van der Waals surface area contributed by atoms with Crippen molar-refractivity contribution in [2.45, 2.75) is 20.4 Å². The van der Waals surface area contributed by atoms with E-state index in [4.69, 9.17) is 27.6 Å². The Morgan fingerprint density at radius 2 is 2.08 bits per heavy atom. The van der Waals surface area contributed by atoms with Crippen LogP contribution >= 0.6 is 23.2 Å². The van der Waals surface area contributed by atoms with E-state index in [9.17, 15) is 4.79 Å². The molecule has 1 amide bonds. The first-order valence-corrected chi connectivity index (χ1v) is 8.56. The van der Waals surface area contributed by atoms with E-state index in [0.717, 1.165) is 11.4 Å². The fraction of sp³-hybridized carbons (Fsp3) is 0.167. The van der Waals surface area contributed by atoms with Gasteiger partial charge >= 0.3 is 0 Å². The molecule has 1 aromatic carbocycles. The fourth-order valence-electron chi connectivity index (χ4n) is 2.43. The number of aromatic nitrogens is 2. The minimum atomic E-state index is -0.280. The maximum absolute atomic E-state index is 11.9. The average Bonchev–Trinajstić information content (AvgIpc) is 3.16. The second-order valence-corrected chi connectivity index (χ2v) is 6.55. The van der Waals surface area contributed by atoms with Gasteiger partial charge < -0.3 is 4.42 Å². The molecule has 0 atom stereocenters. The molecule has 0 spiro atoms. The van der Waals surface area contributed by atoms with Crippen molar-refractivity contribution in [1.82, 2.24) is 15.2 Å². The molecule has 0 aliphatic carbocycles. The Kier molecular flexibility index (Phi) is 5.44. The van der Waals surface area contributed by atoms with Crippen molar-refractivity contribution in [3.05, 3.63) is 63.6 Å². The van der Waals surface area contributed by atoms with Gasteiger partial charge in [-0.05, 0) is 50.2 Å². The Hall–Kier alpha value is -2.57. The van der Waals surface area contributed by atoms with Gasteiger partial charge in [-0.15, -0.1) is 0 Å². The van der Waals surface area contributed by atoms with Crippen LogP contribution in [0.3, 0.4) is 0 Å². The summed E-state index contributed by atoms with van der Waals surface area (Å²) in [5, 5.41) is 9.23. The summed E-state index contributed by atoms with van der Waals surface area (Å²) in [6.07, 6.45) is 1.42. The lowest BCUT2D eigenvalue weighted by Gasteiger charge is -2.02. The van der Waals surface area contributed by atoms with Gasteiger partial charge in [0.05, 0.1) is 16.9 Å². The van der Waals surface area contributed by atoms with Crippen molar-refractivity contribution < 1.29 is 9.21 Å². The lowest BCUT2D eigenvalue weighted by atomic mass is 10.2. The molecule has 3 rings (SSSR count). The Labute approximate surface area is 160 Å². The molecule has 0 radical (unpaired) electrons. The number of rotatable bonds is 5. The van der Waals surface area contributed by atoms with Gasteiger partial charge in [-0.3, -0.25) is 9.48 Å². The SMILES string of the molecule is Cc1cc(C)n(CC(=O)N/N=C/c2ccc(-c3cc(Cl)ccc3Cl)o2)n1.